The molecule has 0 spiro atoms. The van der Waals surface area contributed by atoms with Gasteiger partial charge in [0, 0.05) is 27.1 Å². The molecule has 1 aliphatic rings. The second-order valence-corrected chi connectivity index (χ2v) is 10.9. The summed E-state index contributed by atoms with van der Waals surface area (Å²) in [5.74, 6) is 0. The van der Waals surface area contributed by atoms with Gasteiger partial charge in [0.25, 0.3) is 0 Å². The lowest BCUT2D eigenvalue weighted by Crippen LogP contribution is -2.26. The van der Waals surface area contributed by atoms with Crippen molar-refractivity contribution in [1.82, 2.24) is 9.55 Å². The van der Waals surface area contributed by atoms with Crippen LogP contribution in [0.3, 0.4) is 0 Å². The van der Waals surface area contributed by atoms with Gasteiger partial charge in [0.05, 0.1) is 27.9 Å². The van der Waals surface area contributed by atoms with Crippen LogP contribution in [-0.2, 0) is 5.41 Å². The minimum absolute atomic E-state index is 0.0511. The Morgan fingerprint density at radius 1 is 0.579 bits per heavy atom. The van der Waals surface area contributed by atoms with Crippen LogP contribution in [0.2, 0.25) is 0 Å². The highest BCUT2D eigenvalue weighted by atomic mass is 15.0. The zero-order chi connectivity index (χ0) is 25.4. The van der Waals surface area contributed by atoms with E-state index in [0.29, 0.717) is 0 Å². The van der Waals surface area contributed by atoms with Gasteiger partial charge in [0.2, 0.25) is 0 Å². The molecule has 0 atom stereocenters. The van der Waals surface area contributed by atoms with Gasteiger partial charge in [-0.2, -0.15) is 0 Å². The van der Waals surface area contributed by atoms with E-state index in [4.69, 9.17) is 4.98 Å². The maximum Gasteiger partial charge on any atom is 0.0709 e. The fourth-order valence-electron chi connectivity index (χ4n) is 6.43. The summed E-state index contributed by atoms with van der Waals surface area (Å²) >= 11 is 0. The molecule has 2 nitrogen and oxygen atoms in total. The number of nitrogens with zero attached hydrogens (tertiary/aromatic N) is 2. The van der Waals surface area contributed by atoms with Crippen LogP contribution in [0.15, 0.2) is 121 Å². The molecule has 2 aromatic heterocycles. The van der Waals surface area contributed by atoms with E-state index < -0.39 is 0 Å². The molecular weight excluding hydrogens is 460 g/mol. The summed E-state index contributed by atoms with van der Waals surface area (Å²) in [6, 6.07) is 43.9. The molecule has 38 heavy (non-hydrogen) atoms. The van der Waals surface area contributed by atoms with Crippen LogP contribution in [0.5, 0.6) is 0 Å². The lowest BCUT2D eigenvalue weighted by Gasteiger charge is -2.34. The Hall–Kier alpha value is -4.69. The van der Waals surface area contributed by atoms with Crippen molar-refractivity contribution in [2.45, 2.75) is 19.3 Å². The number of fused-ring (bicyclic) bond motifs is 6. The highest BCUT2D eigenvalue weighted by Gasteiger charge is 2.34. The molecule has 8 rings (SSSR count). The average Bonchev–Trinajstić information content (AvgIpc) is 3.30. The molecule has 7 aromatic rings. The Bertz CT molecular complexity index is 2060. The maximum atomic E-state index is 4.93. The Morgan fingerprint density at radius 2 is 1.34 bits per heavy atom. The average molecular weight is 487 g/mol. The quantitative estimate of drug-likeness (QED) is 0.238. The summed E-state index contributed by atoms with van der Waals surface area (Å²) in [6.07, 6.45) is 0. The van der Waals surface area contributed by atoms with E-state index in [2.05, 4.69) is 134 Å². The first kappa shape index (κ1) is 21.4. The first-order valence-corrected chi connectivity index (χ1v) is 13.2. The molecule has 0 saturated carbocycles. The monoisotopic (exact) mass is 486 g/mol. The largest absolute Gasteiger partial charge is 0.309 e. The second kappa shape index (κ2) is 7.66. The van der Waals surface area contributed by atoms with Crippen molar-refractivity contribution >= 4 is 32.7 Å². The standard InChI is InChI=1S/C36H26N2/c1-36(2)29-13-4-6-16-34(29)38-33-20-18-25(22-28(33)27-12-8-14-30(36)35(27)38)24-10-7-11-26(21-24)32-19-17-23-9-3-5-15-31(23)37-32/h3-22H,1-2H3. The highest BCUT2D eigenvalue weighted by molar-refractivity contribution is 6.12. The van der Waals surface area contributed by atoms with Crippen LogP contribution < -0.4 is 0 Å². The third-order valence-corrected chi connectivity index (χ3v) is 8.37. The minimum Gasteiger partial charge on any atom is -0.309 e. The second-order valence-electron chi connectivity index (χ2n) is 10.9. The molecule has 180 valence electrons. The van der Waals surface area contributed by atoms with E-state index in [1.54, 1.807) is 0 Å². The van der Waals surface area contributed by atoms with Gasteiger partial charge in [0.15, 0.2) is 0 Å². The van der Waals surface area contributed by atoms with Gasteiger partial charge in [-0.05, 0) is 58.7 Å². The zero-order valence-electron chi connectivity index (χ0n) is 21.4. The fraction of sp³-hybridized carbons (Fsp3) is 0.0833. The molecule has 0 fully saturated rings. The SMILES string of the molecule is CC1(C)c2ccccc2-n2c3ccc(-c4cccc(-c5ccc6ccccc6n5)c4)cc3c3cccc1c32. The lowest BCUT2D eigenvalue weighted by molar-refractivity contribution is 0.630. The summed E-state index contributed by atoms with van der Waals surface area (Å²) < 4.78 is 2.47. The number of para-hydroxylation sites is 3. The van der Waals surface area contributed by atoms with Gasteiger partial charge in [-0.25, -0.2) is 4.98 Å². The predicted octanol–water partition coefficient (Wildman–Crippen LogP) is 9.31. The van der Waals surface area contributed by atoms with Crippen molar-refractivity contribution in [1.29, 1.82) is 0 Å². The van der Waals surface area contributed by atoms with Crippen molar-refractivity contribution < 1.29 is 0 Å². The third-order valence-electron chi connectivity index (χ3n) is 8.37. The van der Waals surface area contributed by atoms with Crippen LogP contribution >= 0.6 is 0 Å². The molecule has 0 bridgehead atoms. The van der Waals surface area contributed by atoms with Crippen LogP contribution in [0.25, 0.3) is 60.8 Å². The van der Waals surface area contributed by atoms with Gasteiger partial charge in [0.1, 0.15) is 0 Å². The van der Waals surface area contributed by atoms with Crippen molar-refractivity contribution in [3.63, 3.8) is 0 Å². The first-order chi connectivity index (χ1) is 18.6. The van der Waals surface area contributed by atoms with E-state index in [1.807, 2.05) is 6.07 Å². The summed E-state index contributed by atoms with van der Waals surface area (Å²) in [4.78, 5) is 4.93. The third kappa shape index (κ3) is 2.92. The topological polar surface area (TPSA) is 17.8 Å². The summed E-state index contributed by atoms with van der Waals surface area (Å²) in [5, 5.41) is 3.77. The van der Waals surface area contributed by atoms with Crippen LogP contribution in [0, 0.1) is 0 Å². The number of benzene rings is 5. The zero-order valence-corrected chi connectivity index (χ0v) is 21.4. The predicted molar refractivity (Wildman–Crippen MR) is 159 cm³/mol. The molecule has 0 unspecified atom stereocenters. The minimum atomic E-state index is -0.0511. The molecule has 1 aliphatic heterocycles. The lowest BCUT2D eigenvalue weighted by atomic mass is 9.75. The van der Waals surface area contributed by atoms with Crippen LogP contribution in [-0.4, -0.2) is 9.55 Å². The van der Waals surface area contributed by atoms with Crippen LogP contribution in [0.4, 0.5) is 0 Å². The number of pyridine rings is 1. The summed E-state index contributed by atoms with van der Waals surface area (Å²) in [5.41, 5.74) is 12.1. The molecule has 0 aliphatic carbocycles. The van der Waals surface area contributed by atoms with Gasteiger partial charge in [-0.3, -0.25) is 0 Å². The maximum absolute atomic E-state index is 4.93. The Morgan fingerprint density at radius 3 is 2.29 bits per heavy atom. The molecule has 0 saturated heterocycles. The molecule has 2 heteroatoms. The van der Waals surface area contributed by atoms with E-state index in [-0.39, 0.29) is 5.41 Å². The smallest absolute Gasteiger partial charge is 0.0709 e. The number of hydrogen-bond acceptors (Lipinski definition) is 1. The van der Waals surface area contributed by atoms with Gasteiger partial charge >= 0.3 is 0 Å². The molecule has 0 radical (unpaired) electrons. The summed E-state index contributed by atoms with van der Waals surface area (Å²) in [6.45, 7) is 4.69. The first-order valence-electron chi connectivity index (χ1n) is 13.2. The van der Waals surface area contributed by atoms with E-state index >= 15 is 0 Å². The van der Waals surface area contributed by atoms with Gasteiger partial charge < -0.3 is 4.57 Å². The van der Waals surface area contributed by atoms with E-state index in [1.165, 1.54) is 49.7 Å². The number of rotatable bonds is 2. The highest BCUT2D eigenvalue weighted by Crippen LogP contribution is 2.47. The molecule has 3 heterocycles. The van der Waals surface area contributed by atoms with Crippen molar-refractivity contribution in [2.75, 3.05) is 0 Å². The number of hydrogen-bond donors (Lipinski definition) is 0. The van der Waals surface area contributed by atoms with Crippen molar-refractivity contribution in [3.05, 3.63) is 132 Å². The molecular formula is C36H26N2. The fourth-order valence-corrected chi connectivity index (χ4v) is 6.43. The normalized spacial score (nSPS) is 13.7. The molecule has 0 amide bonds. The van der Waals surface area contributed by atoms with Crippen molar-refractivity contribution in [3.8, 4) is 28.1 Å². The van der Waals surface area contributed by atoms with E-state index in [0.717, 1.165) is 22.2 Å². The van der Waals surface area contributed by atoms with Gasteiger partial charge in [-0.1, -0.05) is 98.8 Å². The van der Waals surface area contributed by atoms with Gasteiger partial charge in [-0.15, -0.1) is 0 Å². The Balaban J connectivity index is 1.33. The number of aromatic nitrogens is 2. The van der Waals surface area contributed by atoms with Crippen molar-refractivity contribution in [2.24, 2.45) is 0 Å². The Kier molecular flexibility index (Phi) is 4.31. The molecule has 0 N–H and O–H groups in total. The Labute approximate surface area is 221 Å². The summed E-state index contributed by atoms with van der Waals surface area (Å²) in [7, 11) is 0. The molecule has 5 aromatic carbocycles. The van der Waals surface area contributed by atoms with Crippen LogP contribution in [0.1, 0.15) is 25.0 Å². The van der Waals surface area contributed by atoms with E-state index in [9.17, 15) is 0 Å².